The van der Waals surface area contributed by atoms with Crippen molar-refractivity contribution in [3.05, 3.63) is 70.1 Å². The van der Waals surface area contributed by atoms with E-state index in [1.54, 1.807) is 37.3 Å². The highest BCUT2D eigenvalue weighted by molar-refractivity contribution is 5.91. The van der Waals surface area contributed by atoms with E-state index in [0.717, 1.165) is 11.1 Å². The van der Waals surface area contributed by atoms with E-state index in [9.17, 15) is 24.6 Å². The van der Waals surface area contributed by atoms with Crippen LogP contribution in [-0.2, 0) is 11.8 Å². The number of para-hydroxylation sites is 1. The Kier molecular flexibility index (Phi) is 7.65. The minimum atomic E-state index is -1.13. The maximum Gasteiger partial charge on any atom is 0.319 e. The van der Waals surface area contributed by atoms with Crippen molar-refractivity contribution in [1.82, 2.24) is 9.88 Å². The predicted octanol–water partition coefficient (Wildman–Crippen LogP) is 3.42. The Bertz CT molecular complexity index is 1320. The van der Waals surface area contributed by atoms with Gasteiger partial charge in [-0.1, -0.05) is 30.3 Å². The van der Waals surface area contributed by atoms with Crippen molar-refractivity contribution in [2.24, 2.45) is 7.05 Å². The number of pyridine rings is 1. The molecule has 3 rings (SSSR count). The smallest absolute Gasteiger partial charge is 0.319 e. The maximum atomic E-state index is 12.7. The minimum absolute atomic E-state index is 0.297. The lowest BCUT2D eigenvalue weighted by Gasteiger charge is -2.20. The summed E-state index contributed by atoms with van der Waals surface area (Å²) >= 11 is 0. The molecule has 1 atom stereocenters. The monoisotopic (exact) mass is 481 g/mol. The number of nitrogens with one attached hydrogen (secondary N) is 2. The maximum absolute atomic E-state index is 12.7. The molecule has 0 aliphatic carbocycles. The number of methoxy groups -OCH3 is 2. The molecule has 0 radical (unpaired) electrons. The fourth-order valence-corrected chi connectivity index (χ4v) is 3.77. The van der Waals surface area contributed by atoms with Crippen LogP contribution in [0.25, 0.3) is 11.1 Å². The van der Waals surface area contributed by atoms with Crippen LogP contribution in [0.3, 0.4) is 0 Å². The molecule has 3 aromatic rings. The number of aliphatic carboxylic acids is 1. The van der Waals surface area contributed by atoms with E-state index < -0.39 is 30.0 Å². The van der Waals surface area contributed by atoms with Crippen molar-refractivity contribution < 1.29 is 29.3 Å². The van der Waals surface area contributed by atoms with Crippen LogP contribution in [0.2, 0.25) is 0 Å². The van der Waals surface area contributed by atoms with Gasteiger partial charge < -0.3 is 34.9 Å². The second-order valence-corrected chi connectivity index (χ2v) is 7.87. The topological polar surface area (TPSA) is 139 Å². The van der Waals surface area contributed by atoms with Gasteiger partial charge in [0, 0.05) is 24.4 Å². The summed E-state index contributed by atoms with van der Waals surface area (Å²) in [7, 11) is 4.54. The Morgan fingerprint density at radius 3 is 2.49 bits per heavy atom. The zero-order chi connectivity index (χ0) is 25.7. The fraction of sp³-hybridized carbons (Fsp3) is 0.240. The quantitative estimate of drug-likeness (QED) is 0.387. The van der Waals surface area contributed by atoms with Gasteiger partial charge in [-0.05, 0) is 30.2 Å². The number of hydrogen-bond acceptors (Lipinski definition) is 6. The number of hydrogen-bond donors (Lipinski definition) is 4. The Labute approximate surface area is 201 Å². The van der Waals surface area contributed by atoms with Crippen LogP contribution in [-0.4, -0.2) is 41.0 Å². The van der Waals surface area contributed by atoms with Crippen LogP contribution < -0.4 is 25.7 Å². The van der Waals surface area contributed by atoms with Crippen molar-refractivity contribution in [3.63, 3.8) is 0 Å². The van der Waals surface area contributed by atoms with Crippen molar-refractivity contribution >= 4 is 17.7 Å². The first-order valence-corrected chi connectivity index (χ1v) is 10.7. The summed E-state index contributed by atoms with van der Waals surface area (Å²) in [5, 5.41) is 24.6. The van der Waals surface area contributed by atoms with Gasteiger partial charge >= 0.3 is 12.0 Å². The zero-order valence-electron chi connectivity index (χ0n) is 19.8. The summed E-state index contributed by atoms with van der Waals surface area (Å²) in [5.41, 5.74) is 1.45. The number of amides is 2. The van der Waals surface area contributed by atoms with Crippen LogP contribution in [0.4, 0.5) is 10.5 Å². The lowest BCUT2D eigenvalue weighted by Crippen LogP contribution is -2.36. The standard InChI is InChI=1S/C25H27N3O7/c1-14-13-28(2)24(32)21(22(14)31)27-25(33)26-18(12-20(29)30)16-8-5-7-15(11-16)17-9-6-10-19(34-3)23(17)35-4/h5-11,13,18,31H,12H2,1-4H3,(H,29,30)(H2,26,27,33)/t18-/m0/s1. The molecule has 0 fully saturated rings. The number of ether oxygens (including phenoxy) is 2. The number of anilines is 1. The lowest BCUT2D eigenvalue weighted by atomic mass is 9.97. The van der Waals surface area contributed by atoms with E-state index in [1.807, 2.05) is 12.1 Å². The first-order chi connectivity index (χ1) is 16.7. The van der Waals surface area contributed by atoms with Crippen molar-refractivity contribution in [1.29, 1.82) is 0 Å². The Hall–Kier alpha value is -4.47. The van der Waals surface area contributed by atoms with E-state index in [2.05, 4.69) is 10.6 Å². The van der Waals surface area contributed by atoms with Gasteiger partial charge in [-0.15, -0.1) is 0 Å². The Balaban J connectivity index is 1.94. The number of aryl methyl sites for hydroxylation is 2. The largest absolute Gasteiger partial charge is 0.505 e. The van der Waals surface area contributed by atoms with E-state index in [0.29, 0.717) is 22.6 Å². The molecule has 0 bridgehead atoms. The predicted molar refractivity (Wildman–Crippen MR) is 130 cm³/mol. The van der Waals surface area contributed by atoms with Gasteiger partial charge in [0.1, 0.15) is 5.75 Å². The molecule has 4 N–H and O–H groups in total. The summed E-state index contributed by atoms with van der Waals surface area (Å²) in [6.45, 7) is 1.59. The number of urea groups is 1. The summed E-state index contributed by atoms with van der Waals surface area (Å²) < 4.78 is 12.1. The second-order valence-electron chi connectivity index (χ2n) is 7.87. The van der Waals surface area contributed by atoms with E-state index in [4.69, 9.17) is 9.47 Å². The van der Waals surface area contributed by atoms with E-state index in [-0.39, 0.29) is 11.4 Å². The number of nitrogens with zero attached hydrogens (tertiary/aromatic N) is 1. The van der Waals surface area contributed by atoms with E-state index >= 15 is 0 Å². The van der Waals surface area contributed by atoms with Crippen molar-refractivity contribution in [2.75, 3.05) is 19.5 Å². The van der Waals surface area contributed by atoms with Crippen LogP contribution >= 0.6 is 0 Å². The van der Waals surface area contributed by atoms with E-state index in [1.165, 1.54) is 32.0 Å². The number of aromatic hydroxyl groups is 1. The highest BCUT2D eigenvalue weighted by Gasteiger charge is 2.22. The highest BCUT2D eigenvalue weighted by atomic mass is 16.5. The second kappa shape index (κ2) is 10.6. The third-order valence-corrected chi connectivity index (χ3v) is 5.46. The summed E-state index contributed by atoms with van der Waals surface area (Å²) in [4.78, 5) is 36.7. The number of aromatic nitrogens is 1. The summed E-state index contributed by atoms with van der Waals surface area (Å²) in [5.74, 6) is -0.438. The van der Waals surface area contributed by atoms with Crippen molar-refractivity contribution in [2.45, 2.75) is 19.4 Å². The lowest BCUT2D eigenvalue weighted by molar-refractivity contribution is -0.137. The minimum Gasteiger partial charge on any atom is -0.505 e. The highest BCUT2D eigenvalue weighted by Crippen LogP contribution is 2.38. The molecule has 10 heteroatoms. The average molecular weight is 482 g/mol. The Morgan fingerprint density at radius 2 is 1.83 bits per heavy atom. The van der Waals surface area contributed by atoms with Gasteiger partial charge in [0.25, 0.3) is 5.56 Å². The molecule has 0 aliphatic rings. The fourth-order valence-electron chi connectivity index (χ4n) is 3.77. The van der Waals surface area contributed by atoms with Crippen LogP contribution in [0.5, 0.6) is 17.2 Å². The van der Waals surface area contributed by atoms with Crippen LogP contribution in [0.1, 0.15) is 23.6 Å². The molecular weight excluding hydrogens is 454 g/mol. The molecular formula is C25H27N3O7. The summed E-state index contributed by atoms with van der Waals surface area (Å²) in [6.07, 6.45) is 1.02. The average Bonchev–Trinajstić information content (AvgIpc) is 2.84. The first kappa shape index (κ1) is 25.2. The molecule has 1 heterocycles. The van der Waals surface area contributed by atoms with Gasteiger partial charge in [-0.2, -0.15) is 0 Å². The molecule has 1 aromatic heterocycles. The number of carbonyl (C=O) groups excluding carboxylic acids is 1. The number of carbonyl (C=O) groups is 2. The third kappa shape index (κ3) is 5.55. The molecule has 184 valence electrons. The number of benzene rings is 2. The molecule has 0 saturated carbocycles. The molecule has 0 unspecified atom stereocenters. The van der Waals surface area contributed by atoms with Crippen LogP contribution in [0, 0.1) is 6.92 Å². The molecule has 2 aromatic carbocycles. The van der Waals surface area contributed by atoms with Gasteiger partial charge in [-0.25, -0.2) is 4.79 Å². The first-order valence-electron chi connectivity index (χ1n) is 10.7. The third-order valence-electron chi connectivity index (χ3n) is 5.46. The normalized spacial score (nSPS) is 11.4. The Morgan fingerprint density at radius 1 is 1.11 bits per heavy atom. The van der Waals surface area contributed by atoms with Crippen molar-refractivity contribution in [3.8, 4) is 28.4 Å². The number of carboxylic acids is 1. The SMILES string of the molecule is COc1cccc(-c2cccc([C@H](CC(=O)O)NC(=O)Nc3c(O)c(C)cn(C)c3=O)c2)c1OC. The molecule has 10 nitrogen and oxygen atoms in total. The molecule has 0 saturated heterocycles. The molecule has 2 amide bonds. The van der Waals surface area contributed by atoms with Crippen LogP contribution in [0.15, 0.2) is 53.5 Å². The van der Waals surface area contributed by atoms with Gasteiger partial charge in [-0.3, -0.25) is 9.59 Å². The van der Waals surface area contributed by atoms with Gasteiger partial charge in [0.05, 0.1) is 26.7 Å². The molecule has 0 spiro atoms. The number of carboxylic acid groups (broad SMARTS) is 1. The number of rotatable bonds is 8. The zero-order valence-corrected chi connectivity index (χ0v) is 19.8. The molecule has 0 aliphatic heterocycles. The molecule has 35 heavy (non-hydrogen) atoms. The van der Waals surface area contributed by atoms with Gasteiger partial charge in [0.15, 0.2) is 17.2 Å². The summed E-state index contributed by atoms with van der Waals surface area (Å²) in [6, 6.07) is 10.6. The van der Waals surface area contributed by atoms with Gasteiger partial charge in [0.2, 0.25) is 0 Å².